The van der Waals surface area contributed by atoms with Crippen LogP contribution >= 0.6 is 23.1 Å². The molecular formula is C16H22N2S2. The number of hydrogen-bond donors (Lipinski definition) is 1. The molecule has 2 heterocycles. The van der Waals surface area contributed by atoms with Crippen molar-refractivity contribution < 1.29 is 0 Å². The Morgan fingerprint density at radius 3 is 2.95 bits per heavy atom. The summed E-state index contributed by atoms with van der Waals surface area (Å²) in [5.41, 5.74) is 1.53. The molecule has 3 rings (SSSR count). The number of fused-ring (bicyclic) bond motifs is 1. The Morgan fingerprint density at radius 2 is 2.20 bits per heavy atom. The highest BCUT2D eigenvalue weighted by Crippen LogP contribution is 2.33. The van der Waals surface area contributed by atoms with E-state index in [2.05, 4.69) is 53.3 Å². The molecule has 1 N–H and O–H groups in total. The summed E-state index contributed by atoms with van der Waals surface area (Å²) in [5.74, 6) is 2.61. The number of benzene rings is 1. The van der Waals surface area contributed by atoms with E-state index in [1.165, 1.54) is 38.5 Å². The van der Waals surface area contributed by atoms with E-state index in [-0.39, 0.29) is 0 Å². The molecule has 0 bridgehead atoms. The van der Waals surface area contributed by atoms with Crippen molar-refractivity contribution in [2.75, 3.05) is 25.6 Å². The van der Waals surface area contributed by atoms with Crippen molar-refractivity contribution in [1.29, 1.82) is 0 Å². The predicted octanol–water partition coefficient (Wildman–Crippen LogP) is 3.56. The molecule has 1 unspecified atom stereocenters. The van der Waals surface area contributed by atoms with Crippen molar-refractivity contribution in [3.63, 3.8) is 0 Å². The van der Waals surface area contributed by atoms with Crippen molar-refractivity contribution in [1.82, 2.24) is 10.2 Å². The lowest BCUT2D eigenvalue weighted by atomic mass is 10.1. The van der Waals surface area contributed by atoms with Crippen LogP contribution in [0.4, 0.5) is 0 Å². The molecule has 1 aliphatic rings. The van der Waals surface area contributed by atoms with E-state index in [0.717, 1.165) is 19.1 Å². The molecule has 2 aromatic rings. The SMILES string of the molecule is CNCc1sc2ccccc2c1CN(C)C1CCSC1. The summed E-state index contributed by atoms with van der Waals surface area (Å²) in [6.07, 6.45) is 1.34. The van der Waals surface area contributed by atoms with Gasteiger partial charge in [0.15, 0.2) is 0 Å². The first-order chi connectivity index (χ1) is 9.79. The monoisotopic (exact) mass is 306 g/mol. The van der Waals surface area contributed by atoms with Crippen LogP contribution in [0.1, 0.15) is 16.9 Å². The zero-order valence-electron chi connectivity index (χ0n) is 12.2. The van der Waals surface area contributed by atoms with Crippen LogP contribution in [-0.4, -0.2) is 36.5 Å². The van der Waals surface area contributed by atoms with E-state index in [1.807, 2.05) is 18.4 Å². The fourth-order valence-corrected chi connectivity index (χ4v) is 5.40. The van der Waals surface area contributed by atoms with Crippen LogP contribution in [0.3, 0.4) is 0 Å². The fraction of sp³-hybridized carbons (Fsp3) is 0.500. The van der Waals surface area contributed by atoms with E-state index < -0.39 is 0 Å². The molecule has 0 spiro atoms. The van der Waals surface area contributed by atoms with Gasteiger partial charge in [0.1, 0.15) is 0 Å². The molecule has 4 heteroatoms. The topological polar surface area (TPSA) is 15.3 Å². The standard InChI is InChI=1S/C16H22N2S2/c1-17-9-16-14(10-18(2)12-7-8-19-11-12)13-5-3-4-6-15(13)20-16/h3-6,12,17H,7-11H2,1-2H3. The first-order valence-electron chi connectivity index (χ1n) is 7.21. The maximum atomic E-state index is 3.32. The Hall–Kier alpha value is -0.550. The minimum Gasteiger partial charge on any atom is -0.315 e. The number of thioether (sulfide) groups is 1. The normalized spacial score (nSPS) is 19.2. The second-order valence-electron chi connectivity index (χ2n) is 5.46. The fourth-order valence-electron chi connectivity index (χ4n) is 2.87. The summed E-state index contributed by atoms with van der Waals surface area (Å²) < 4.78 is 1.42. The molecule has 1 fully saturated rings. The van der Waals surface area contributed by atoms with Crippen LogP contribution < -0.4 is 5.32 Å². The van der Waals surface area contributed by atoms with Gasteiger partial charge in [-0.3, -0.25) is 4.90 Å². The highest BCUT2D eigenvalue weighted by molar-refractivity contribution is 7.99. The first-order valence-corrected chi connectivity index (χ1v) is 9.18. The quantitative estimate of drug-likeness (QED) is 0.909. The number of hydrogen-bond acceptors (Lipinski definition) is 4. The lowest BCUT2D eigenvalue weighted by Crippen LogP contribution is -2.31. The van der Waals surface area contributed by atoms with E-state index in [9.17, 15) is 0 Å². The lowest BCUT2D eigenvalue weighted by Gasteiger charge is -2.24. The molecule has 1 aromatic heterocycles. The zero-order chi connectivity index (χ0) is 13.9. The van der Waals surface area contributed by atoms with Gasteiger partial charge in [0.25, 0.3) is 0 Å². The van der Waals surface area contributed by atoms with E-state index >= 15 is 0 Å². The van der Waals surface area contributed by atoms with Crippen LogP contribution in [0.2, 0.25) is 0 Å². The molecule has 0 saturated carbocycles. The third kappa shape index (κ3) is 2.89. The van der Waals surface area contributed by atoms with Gasteiger partial charge in [-0.05, 0) is 43.3 Å². The second-order valence-corrected chi connectivity index (χ2v) is 7.75. The number of nitrogens with zero attached hydrogens (tertiary/aromatic N) is 1. The maximum Gasteiger partial charge on any atom is 0.0349 e. The Bertz CT molecular complexity index is 573. The minimum atomic E-state index is 0.751. The molecule has 0 radical (unpaired) electrons. The van der Waals surface area contributed by atoms with Crippen molar-refractivity contribution >= 4 is 33.2 Å². The predicted molar refractivity (Wildman–Crippen MR) is 91.8 cm³/mol. The summed E-state index contributed by atoms with van der Waals surface area (Å²) in [6, 6.07) is 9.57. The van der Waals surface area contributed by atoms with Gasteiger partial charge >= 0.3 is 0 Å². The Morgan fingerprint density at radius 1 is 1.35 bits per heavy atom. The van der Waals surface area contributed by atoms with Gasteiger partial charge < -0.3 is 5.32 Å². The Labute approximate surface area is 129 Å². The van der Waals surface area contributed by atoms with Crippen LogP contribution in [0.5, 0.6) is 0 Å². The van der Waals surface area contributed by atoms with E-state index in [4.69, 9.17) is 0 Å². The molecule has 2 nitrogen and oxygen atoms in total. The van der Waals surface area contributed by atoms with Gasteiger partial charge in [-0.25, -0.2) is 0 Å². The highest BCUT2D eigenvalue weighted by atomic mass is 32.2. The number of thiophene rings is 1. The molecule has 1 atom stereocenters. The lowest BCUT2D eigenvalue weighted by molar-refractivity contribution is 0.255. The van der Waals surface area contributed by atoms with Crippen molar-refractivity contribution in [3.05, 3.63) is 34.7 Å². The smallest absolute Gasteiger partial charge is 0.0349 e. The van der Waals surface area contributed by atoms with Gasteiger partial charge in [-0.15, -0.1) is 11.3 Å². The molecule has 108 valence electrons. The third-order valence-corrected chi connectivity index (χ3v) is 6.41. The van der Waals surface area contributed by atoms with Crippen molar-refractivity contribution in [3.8, 4) is 0 Å². The molecule has 0 amide bonds. The van der Waals surface area contributed by atoms with E-state index in [1.54, 1.807) is 0 Å². The maximum absolute atomic E-state index is 3.32. The van der Waals surface area contributed by atoms with Crippen LogP contribution in [0, 0.1) is 0 Å². The largest absolute Gasteiger partial charge is 0.315 e. The Balaban J connectivity index is 1.89. The third-order valence-electron chi connectivity index (χ3n) is 4.06. The molecule has 1 aromatic carbocycles. The number of rotatable bonds is 5. The van der Waals surface area contributed by atoms with Crippen LogP contribution in [-0.2, 0) is 13.1 Å². The van der Waals surface area contributed by atoms with Crippen LogP contribution in [0.15, 0.2) is 24.3 Å². The molecular weight excluding hydrogens is 284 g/mol. The molecule has 0 aliphatic carbocycles. The summed E-state index contributed by atoms with van der Waals surface area (Å²) in [7, 11) is 4.32. The van der Waals surface area contributed by atoms with Gasteiger partial charge in [-0.2, -0.15) is 11.8 Å². The summed E-state index contributed by atoms with van der Waals surface area (Å²) in [6.45, 7) is 2.05. The average molecular weight is 307 g/mol. The second kappa shape index (κ2) is 6.48. The van der Waals surface area contributed by atoms with Gasteiger partial charge in [-0.1, -0.05) is 18.2 Å². The summed E-state index contributed by atoms with van der Waals surface area (Å²) in [4.78, 5) is 4.04. The average Bonchev–Trinajstić information content (AvgIpc) is 3.08. The van der Waals surface area contributed by atoms with Gasteiger partial charge in [0.05, 0.1) is 0 Å². The Kier molecular flexibility index (Phi) is 4.66. The van der Waals surface area contributed by atoms with Gasteiger partial charge in [0, 0.05) is 34.5 Å². The summed E-state index contributed by atoms with van der Waals surface area (Å²) in [5, 5.41) is 4.76. The van der Waals surface area contributed by atoms with Crippen molar-refractivity contribution in [2.24, 2.45) is 0 Å². The van der Waals surface area contributed by atoms with Gasteiger partial charge in [0.2, 0.25) is 0 Å². The number of nitrogens with one attached hydrogen (secondary N) is 1. The molecule has 1 saturated heterocycles. The van der Waals surface area contributed by atoms with Crippen molar-refractivity contribution in [2.45, 2.75) is 25.6 Å². The van der Waals surface area contributed by atoms with Crippen LogP contribution in [0.25, 0.3) is 10.1 Å². The van der Waals surface area contributed by atoms with E-state index in [0.29, 0.717) is 0 Å². The molecule has 1 aliphatic heterocycles. The minimum absolute atomic E-state index is 0.751. The zero-order valence-corrected chi connectivity index (χ0v) is 13.8. The molecule has 20 heavy (non-hydrogen) atoms. The first kappa shape index (κ1) is 14.4. The highest BCUT2D eigenvalue weighted by Gasteiger charge is 2.22. The summed E-state index contributed by atoms with van der Waals surface area (Å²) >= 11 is 4.03.